The van der Waals surface area contributed by atoms with Crippen LogP contribution >= 0.6 is 0 Å². The van der Waals surface area contributed by atoms with Crippen LogP contribution in [0.2, 0.25) is 0 Å². The summed E-state index contributed by atoms with van der Waals surface area (Å²) in [5.41, 5.74) is 1.20. The number of halogens is 1. The molecular weight excluding hydrogens is 243 g/mol. The molecule has 92 valence electrons. The molecule has 4 heteroatoms. The second-order valence-electron chi connectivity index (χ2n) is 3.85. The zero-order chi connectivity index (χ0) is 13.7. The number of nitrogens with zero attached hydrogens (tertiary/aromatic N) is 2. The van der Waals surface area contributed by atoms with Crippen molar-refractivity contribution in [2.24, 2.45) is 0 Å². The van der Waals surface area contributed by atoms with Gasteiger partial charge in [0.2, 0.25) is 0 Å². The minimum atomic E-state index is -0.544. The fraction of sp³-hybridized carbons (Fsp3) is 0.0667. The van der Waals surface area contributed by atoms with E-state index in [1.54, 1.807) is 36.4 Å². The zero-order valence-corrected chi connectivity index (χ0v) is 9.93. The maximum Gasteiger partial charge on any atom is 0.140 e. The van der Waals surface area contributed by atoms with Gasteiger partial charge in [-0.25, -0.2) is 4.39 Å². The Kier molecular flexibility index (Phi) is 3.75. The summed E-state index contributed by atoms with van der Waals surface area (Å²) in [7, 11) is 0. The van der Waals surface area contributed by atoms with E-state index in [9.17, 15) is 4.39 Å². The minimum absolute atomic E-state index is 0.00752. The summed E-state index contributed by atoms with van der Waals surface area (Å²) in [6.45, 7) is 0.212. The van der Waals surface area contributed by atoms with E-state index < -0.39 is 5.82 Å². The summed E-state index contributed by atoms with van der Waals surface area (Å²) in [6.07, 6.45) is 0. The second-order valence-corrected chi connectivity index (χ2v) is 3.85. The largest absolute Gasteiger partial charge is 0.489 e. The van der Waals surface area contributed by atoms with Crippen LogP contribution in [0.1, 0.15) is 16.7 Å². The Bertz CT molecular complexity index is 683. The van der Waals surface area contributed by atoms with Crippen LogP contribution in [0.4, 0.5) is 4.39 Å². The van der Waals surface area contributed by atoms with Gasteiger partial charge in [-0.2, -0.15) is 10.5 Å². The van der Waals surface area contributed by atoms with Crippen molar-refractivity contribution in [1.29, 1.82) is 10.5 Å². The van der Waals surface area contributed by atoms with Gasteiger partial charge in [-0.1, -0.05) is 12.1 Å². The average Bonchev–Trinajstić information content (AvgIpc) is 2.46. The fourth-order valence-electron chi connectivity index (χ4n) is 1.57. The fourth-order valence-corrected chi connectivity index (χ4v) is 1.57. The molecule has 0 atom stereocenters. The predicted molar refractivity (Wildman–Crippen MR) is 66.6 cm³/mol. The van der Waals surface area contributed by atoms with E-state index >= 15 is 0 Å². The first-order valence-corrected chi connectivity index (χ1v) is 5.54. The topological polar surface area (TPSA) is 56.8 Å². The van der Waals surface area contributed by atoms with E-state index in [2.05, 4.69) is 0 Å². The Balaban J connectivity index is 2.11. The van der Waals surface area contributed by atoms with E-state index in [1.165, 1.54) is 12.1 Å². The van der Waals surface area contributed by atoms with Crippen LogP contribution in [-0.2, 0) is 6.61 Å². The molecule has 3 nitrogen and oxygen atoms in total. The van der Waals surface area contributed by atoms with Crippen molar-refractivity contribution >= 4 is 0 Å². The lowest BCUT2D eigenvalue weighted by Crippen LogP contribution is -1.97. The van der Waals surface area contributed by atoms with Crippen LogP contribution in [0, 0.1) is 28.5 Å². The van der Waals surface area contributed by atoms with Gasteiger partial charge in [0, 0.05) is 0 Å². The predicted octanol–water partition coefficient (Wildman–Crippen LogP) is 3.15. The summed E-state index contributed by atoms with van der Waals surface area (Å²) in [5.74, 6) is 0.0135. The molecule has 0 aliphatic heterocycles. The molecule has 0 bridgehead atoms. The number of rotatable bonds is 3. The van der Waals surface area contributed by atoms with Gasteiger partial charge < -0.3 is 4.74 Å². The van der Waals surface area contributed by atoms with E-state index in [0.717, 1.165) is 0 Å². The third-order valence-electron chi connectivity index (χ3n) is 2.52. The van der Waals surface area contributed by atoms with Gasteiger partial charge in [0.25, 0.3) is 0 Å². The molecule has 0 amide bonds. The molecule has 2 aromatic carbocycles. The van der Waals surface area contributed by atoms with Crippen LogP contribution in [0.3, 0.4) is 0 Å². The Labute approximate surface area is 110 Å². The van der Waals surface area contributed by atoms with Gasteiger partial charge >= 0.3 is 0 Å². The van der Waals surface area contributed by atoms with Crippen LogP contribution in [-0.4, -0.2) is 0 Å². The smallest absolute Gasteiger partial charge is 0.140 e. The number of benzene rings is 2. The molecule has 0 aromatic heterocycles. The van der Waals surface area contributed by atoms with Crippen molar-refractivity contribution in [2.75, 3.05) is 0 Å². The van der Waals surface area contributed by atoms with Crippen LogP contribution in [0.25, 0.3) is 0 Å². The van der Waals surface area contributed by atoms with Crippen LogP contribution in [0.5, 0.6) is 5.75 Å². The van der Waals surface area contributed by atoms with Crippen LogP contribution < -0.4 is 4.74 Å². The molecule has 0 radical (unpaired) electrons. The molecule has 0 saturated heterocycles. The second kappa shape index (κ2) is 5.66. The zero-order valence-electron chi connectivity index (χ0n) is 9.93. The van der Waals surface area contributed by atoms with Crippen molar-refractivity contribution in [3.63, 3.8) is 0 Å². The maximum absolute atomic E-state index is 13.1. The van der Waals surface area contributed by atoms with Gasteiger partial charge in [0.1, 0.15) is 24.2 Å². The normalized spacial score (nSPS) is 9.42. The lowest BCUT2D eigenvalue weighted by Gasteiger charge is -2.07. The molecule has 0 unspecified atom stereocenters. The molecule has 0 N–H and O–H groups in total. The molecule has 0 aliphatic carbocycles. The highest BCUT2D eigenvalue weighted by Gasteiger charge is 2.03. The van der Waals surface area contributed by atoms with Crippen molar-refractivity contribution in [2.45, 2.75) is 6.61 Å². The molecule has 0 saturated carbocycles. The van der Waals surface area contributed by atoms with E-state index in [-0.39, 0.29) is 12.2 Å². The molecule has 2 rings (SSSR count). The van der Waals surface area contributed by atoms with Gasteiger partial charge in [-0.3, -0.25) is 0 Å². The number of nitriles is 2. The summed E-state index contributed by atoms with van der Waals surface area (Å²) in [6, 6.07) is 14.8. The van der Waals surface area contributed by atoms with Crippen molar-refractivity contribution in [3.05, 3.63) is 65.0 Å². The molecular formula is C15H9FN2O. The maximum atomic E-state index is 13.1. The van der Waals surface area contributed by atoms with Gasteiger partial charge in [0.15, 0.2) is 0 Å². The lowest BCUT2D eigenvalue weighted by atomic mass is 10.1. The summed E-state index contributed by atoms with van der Waals surface area (Å²) < 4.78 is 18.6. The summed E-state index contributed by atoms with van der Waals surface area (Å²) in [4.78, 5) is 0. The quantitative estimate of drug-likeness (QED) is 0.843. The van der Waals surface area contributed by atoms with E-state index in [1.807, 2.05) is 6.07 Å². The third-order valence-corrected chi connectivity index (χ3v) is 2.52. The van der Waals surface area contributed by atoms with Gasteiger partial charge in [-0.15, -0.1) is 0 Å². The van der Waals surface area contributed by atoms with Gasteiger partial charge in [0.05, 0.1) is 17.2 Å². The van der Waals surface area contributed by atoms with Crippen LogP contribution in [0.15, 0.2) is 42.5 Å². The highest BCUT2D eigenvalue weighted by Crippen LogP contribution is 2.16. The minimum Gasteiger partial charge on any atom is -0.489 e. The molecule has 19 heavy (non-hydrogen) atoms. The average molecular weight is 252 g/mol. The van der Waals surface area contributed by atoms with Crippen molar-refractivity contribution < 1.29 is 9.13 Å². The monoisotopic (exact) mass is 252 g/mol. The summed E-state index contributed by atoms with van der Waals surface area (Å²) in [5, 5.41) is 17.5. The molecule has 0 spiro atoms. The molecule has 0 heterocycles. The molecule has 2 aromatic rings. The Morgan fingerprint density at radius 1 is 1.05 bits per heavy atom. The van der Waals surface area contributed by atoms with E-state index in [0.29, 0.717) is 16.9 Å². The summed E-state index contributed by atoms with van der Waals surface area (Å²) >= 11 is 0. The first-order chi connectivity index (χ1) is 9.22. The number of hydrogen-bond acceptors (Lipinski definition) is 3. The van der Waals surface area contributed by atoms with Crippen molar-refractivity contribution in [1.82, 2.24) is 0 Å². The van der Waals surface area contributed by atoms with E-state index in [4.69, 9.17) is 15.3 Å². The highest BCUT2D eigenvalue weighted by atomic mass is 19.1. The first kappa shape index (κ1) is 12.6. The number of hydrogen-bond donors (Lipinski definition) is 0. The molecule has 0 fully saturated rings. The van der Waals surface area contributed by atoms with Gasteiger partial charge in [-0.05, 0) is 35.9 Å². The Morgan fingerprint density at radius 2 is 1.89 bits per heavy atom. The SMILES string of the molecule is N#Cc1cccc(OCc2ccc(F)c(C#N)c2)c1. The number of ether oxygens (including phenoxy) is 1. The third kappa shape index (κ3) is 3.08. The lowest BCUT2D eigenvalue weighted by molar-refractivity contribution is 0.306. The Morgan fingerprint density at radius 3 is 2.63 bits per heavy atom. The molecule has 0 aliphatic rings. The highest BCUT2D eigenvalue weighted by molar-refractivity contribution is 5.37. The standard InChI is InChI=1S/C15H9FN2O/c16-15-5-4-12(6-13(15)9-18)10-19-14-3-1-2-11(7-14)8-17/h1-7H,10H2. The van der Waals surface area contributed by atoms with Crippen molar-refractivity contribution in [3.8, 4) is 17.9 Å². The first-order valence-electron chi connectivity index (χ1n) is 5.54. The Hall–Kier alpha value is -2.85.